The van der Waals surface area contributed by atoms with Gasteiger partial charge in [-0.05, 0) is 60.0 Å². The summed E-state index contributed by atoms with van der Waals surface area (Å²) in [6.45, 7) is 0. The Kier molecular flexibility index (Phi) is 8.41. The normalized spacial score (nSPS) is 10.1. The molecular formula is C22H18S6. The van der Waals surface area contributed by atoms with Crippen LogP contribution in [-0.4, -0.2) is 25.0 Å². The first kappa shape index (κ1) is 21.8. The molecule has 0 aliphatic carbocycles. The van der Waals surface area contributed by atoms with E-state index in [-0.39, 0.29) is 0 Å². The molecule has 142 valence electrons. The average molecular weight is 475 g/mol. The largest absolute Gasteiger partial charge is 0.136 e. The summed E-state index contributed by atoms with van der Waals surface area (Å²) in [7, 11) is 0. The third-order valence-electron chi connectivity index (χ3n) is 3.82. The zero-order valence-electron chi connectivity index (χ0n) is 15.9. The zero-order chi connectivity index (χ0) is 19.9. The minimum atomic E-state index is 1.07. The molecule has 2 aromatic heterocycles. The van der Waals surface area contributed by atoms with Crippen molar-refractivity contribution in [3.63, 3.8) is 0 Å². The Balaban J connectivity index is 2.00. The Morgan fingerprint density at radius 1 is 0.571 bits per heavy atom. The second-order valence-corrected chi connectivity index (χ2v) is 11.1. The number of benzene rings is 1. The Hall–Kier alpha value is -0.860. The average Bonchev–Trinajstić information content (AvgIpc) is 3.38. The number of rotatable bonds is 4. The summed E-state index contributed by atoms with van der Waals surface area (Å²) in [6.07, 6.45) is 8.39. The van der Waals surface area contributed by atoms with Crippen molar-refractivity contribution < 1.29 is 0 Å². The number of thiophene rings is 2. The van der Waals surface area contributed by atoms with Gasteiger partial charge in [-0.1, -0.05) is 23.7 Å². The Morgan fingerprint density at radius 3 is 1.32 bits per heavy atom. The molecule has 0 saturated carbocycles. The highest BCUT2D eigenvalue weighted by Gasteiger charge is 2.08. The number of thioether (sulfide) groups is 4. The fourth-order valence-corrected chi connectivity index (χ4v) is 6.51. The summed E-state index contributed by atoms with van der Waals surface area (Å²) in [5, 5.41) is 4.20. The predicted molar refractivity (Wildman–Crippen MR) is 134 cm³/mol. The maximum atomic E-state index is 3.39. The van der Waals surface area contributed by atoms with Gasteiger partial charge in [-0.15, -0.1) is 69.7 Å². The van der Waals surface area contributed by atoms with Crippen molar-refractivity contribution in [2.24, 2.45) is 0 Å². The van der Waals surface area contributed by atoms with Crippen molar-refractivity contribution in [3.8, 4) is 23.7 Å². The van der Waals surface area contributed by atoms with Gasteiger partial charge in [-0.3, -0.25) is 0 Å². The molecule has 1 aromatic carbocycles. The van der Waals surface area contributed by atoms with Crippen LogP contribution in [0.2, 0.25) is 0 Å². The smallest absolute Gasteiger partial charge is 0.0752 e. The van der Waals surface area contributed by atoms with E-state index in [1.54, 1.807) is 69.7 Å². The molecule has 0 fully saturated rings. The summed E-state index contributed by atoms with van der Waals surface area (Å²) >= 11 is 10.4. The van der Waals surface area contributed by atoms with Gasteiger partial charge in [0.05, 0.1) is 8.42 Å². The Labute approximate surface area is 192 Å². The topological polar surface area (TPSA) is 0 Å². The summed E-state index contributed by atoms with van der Waals surface area (Å²) in [4.78, 5) is 2.34. The molecule has 0 saturated heterocycles. The standard InChI is InChI=1S/C22H18S6/c1-23-19-13-18(8-6-16-10-12-28-22(16)26-4)20(24-2)14-17(19)7-5-15-9-11-27-21(15)25-3/h9-14H,1-4H3. The highest BCUT2D eigenvalue weighted by molar-refractivity contribution is 8.00. The molecule has 0 unspecified atom stereocenters. The molecule has 3 rings (SSSR count). The highest BCUT2D eigenvalue weighted by atomic mass is 32.2. The lowest BCUT2D eigenvalue weighted by molar-refractivity contribution is 1.29. The van der Waals surface area contributed by atoms with E-state index < -0.39 is 0 Å². The van der Waals surface area contributed by atoms with Crippen molar-refractivity contribution in [3.05, 3.63) is 57.3 Å². The van der Waals surface area contributed by atoms with Gasteiger partial charge in [0.15, 0.2) is 0 Å². The van der Waals surface area contributed by atoms with E-state index in [9.17, 15) is 0 Å². The van der Waals surface area contributed by atoms with Gasteiger partial charge in [0, 0.05) is 32.0 Å². The molecule has 0 aliphatic rings. The van der Waals surface area contributed by atoms with Crippen LogP contribution in [-0.2, 0) is 0 Å². The van der Waals surface area contributed by atoms with Gasteiger partial charge in [-0.25, -0.2) is 0 Å². The second-order valence-electron chi connectivity index (χ2n) is 5.40. The van der Waals surface area contributed by atoms with Crippen LogP contribution in [0.25, 0.3) is 0 Å². The third kappa shape index (κ3) is 5.19. The van der Waals surface area contributed by atoms with E-state index in [0.29, 0.717) is 0 Å². The molecule has 6 heteroatoms. The number of hydrogen-bond donors (Lipinski definition) is 0. The fraction of sp³-hybridized carbons (Fsp3) is 0.182. The van der Waals surface area contributed by atoms with E-state index in [1.165, 1.54) is 18.2 Å². The molecule has 0 radical (unpaired) electrons. The second kappa shape index (κ2) is 10.8. The van der Waals surface area contributed by atoms with Crippen LogP contribution in [0.5, 0.6) is 0 Å². The van der Waals surface area contributed by atoms with Gasteiger partial charge < -0.3 is 0 Å². The van der Waals surface area contributed by atoms with E-state index >= 15 is 0 Å². The molecule has 0 spiro atoms. The molecule has 0 aliphatic heterocycles. The van der Waals surface area contributed by atoms with Crippen molar-refractivity contribution in [2.45, 2.75) is 18.2 Å². The van der Waals surface area contributed by atoms with Gasteiger partial charge in [0.25, 0.3) is 0 Å². The van der Waals surface area contributed by atoms with Crippen molar-refractivity contribution in [1.82, 2.24) is 0 Å². The summed E-state index contributed by atoms with van der Waals surface area (Å²) in [5.41, 5.74) is 4.37. The first-order chi connectivity index (χ1) is 13.7. The van der Waals surface area contributed by atoms with Crippen LogP contribution in [0, 0.1) is 23.7 Å². The fourth-order valence-electron chi connectivity index (χ4n) is 2.45. The van der Waals surface area contributed by atoms with Crippen LogP contribution in [0.1, 0.15) is 22.3 Å². The number of hydrogen-bond acceptors (Lipinski definition) is 6. The van der Waals surface area contributed by atoms with E-state index in [2.05, 4.69) is 83.7 Å². The minimum absolute atomic E-state index is 1.07. The minimum Gasteiger partial charge on any atom is -0.136 e. The first-order valence-corrected chi connectivity index (χ1v) is 14.9. The highest BCUT2D eigenvalue weighted by Crippen LogP contribution is 2.31. The molecule has 3 aromatic rings. The summed E-state index contributed by atoms with van der Waals surface area (Å²) < 4.78 is 2.54. The van der Waals surface area contributed by atoms with E-state index in [0.717, 1.165) is 22.3 Å². The van der Waals surface area contributed by atoms with Crippen LogP contribution in [0.15, 0.2) is 53.2 Å². The quantitative estimate of drug-likeness (QED) is 0.283. The molecular weight excluding hydrogens is 457 g/mol. The molecule has 2 heterocycles. The van der Waals surface area contributed by atoms with E-state index in [4.69, 9.17) is 0 Å². The molecule has 0 nitrogen and oxygen atoms in total. The third-order valence-corrected chi connectivity index (χ3v) is 9.54. The van der Waals surface area contributed by atoms with Crippen LogP contribution >= 0.6 is 69.7 Å². The van der Waals surface area contributed by atoms with Crippen LogP contribution in [0.4, 0.5) is 0 Å². The monoisotopic (exact) mass is 474 g/mol. The lowest BCUT2D eigenvalue weighted by Gasteiger charge is -2.07. The van der Waals surface area contributed by atoms with Gasteiger partial charge in [0.1, 0.15) is 0 Å². The zero-order valence-corrected chi connectivity index (χ0v) is 20.8. The lowest BCUT2D eigenvalue weighted by Crippen LogP contribution is -1.89. The maximum absolute atomic E-state index is 3.39. The maximum Gasteiger partial charge on any atom is 0.0752 e. The van der Waals surface area contributed by atoms with Crippen LogP contribution in [0.3, 0.4) is 0 Å². The summed E-state index contributed by atoms with van der Waals surface area (Å²) in [6, 6.07) is 8.56. The van der Waals surface area contributed by atoms with Gasteiger partial charge in [0.2, 0.25) is 0 Å². The molecule has 0 bridgehead atoms. The van der Waals surface area contributed by atoms with Crippen LogP contribution < -0.4 is 0 Å². The van der Waals surface area contributed by atoms with E-state index in [1.807, 2.05) is 0 Å². The molecule has 28 heavy (non-hydrogen) atoms. The molecule has 0 amide bonds. The van der Waals surface area contributed by atoms with Gasteiger partial charge >= 0.3 is 0 Å². The lowest BCUT2D eigenvalue weighted by atomic mass is 10.1. The van der Waals surface area contributed by atoms with Crippen molar-refractivity contribution in [2.75, 3.05) is 25.0 Å². The van der Waals surface area contributed by atoms with Gasteiger partial charge in [-0.2, -0.15) is 0 Å². The SMILES string of the molecule is CSc1cc(C#Cc2ccsc2SC)c(SC)cc1C#Cc1ccsc1SC. The molecule has 0 atom stereocenters. The first-order valence-electron chi connectivity index (χ1n) is 8.23. The molecule has 0 N–H and O–H groups in total. The Bertz CT molecular complexity index is 994. The van der Waals surface area contributed by atoms with Crippen molar-refractivity contribution in [1.29, 1.82) is 0 Å². The van der Waals surface area contributed by atoms with Crippen molar-refractivity contribution >= 4 is 69.7 Å². The summed E-state index contributed by atoms with van der Waals surface area (Å²) in [5.74, 6) is 13.5. The Morgan fingerprint density at radius 2 is 0.964 bits per heavy atom. The predicted octanol–water partition coefficient (Wildman–Crippen LogP) is 7.50.